The van der Waals surface area contributed by atoms with Gasteiger partial charge in [0.1, 0.15) is 5.82 Å². The maximum Gasteiger partial charge on any atom is 0.433 e. The number of hydrogen-bond donors (Lipinski definition) is 1. The van der Waals surface area contributed by atoms with Crippen LogP contribution in [-0.4, -0.2) is 9.97 Å². The normalized spacial score (nSPS) is 12.7. The summed E-state index contributed by atoms with van der Waals surface area (Å²) in [6, 6.07) is 14.9. The topological polar surface area (TPSA) is 37.8 Å². The van der Waals surface area contributed by atoms with Crippen LogP contribution < -0.4 is 5.32 Å². The van der Waals surface area contributed by atoms with E-state index < -0.39 is 17.7 Å². The van der Waals surface area contributed by atoms with Crippen LogP contribution in [-0.2, 0) is 6.18 Å². The number of nitrogens with one attached hydrogen (secondary N) is 1. The van der Waals surface area contributed by atoms with Crippen molar-refractivity contribution in [3.63, 3.8) is 0 Å². The summed E-state index contributed by atoms with van der Waals surface area (Å²) in [5.41, 5.74) is 0.260. The average Bonchev–Trinajstić information content (AvgIpc) is 2.62. The Morgan fingerprint density at radius 1 is 0.923 bits per heavy atom. The molecule has 134 valence electrons. The van der Waals surface area contributed by atoms with Crippen LogP contribution in [0, 0.1) is 5.82 Å². The third kappa shape index (κ3) is 4.17. The van der Waals surface area contributed by atoms with E-state index in [4.69, 9.17) is 0 Å². The van der Waals surface area contributed by atoms with Crippen LogP contribution in [0.25, 0.3) is 11.3 Å². The van der Waals surface area contributed by atoms with Crippen LogP contribution in [0.5, 0.6) is 0 Å². The van der Waals surface area contributed by atoms with Gasteiger partial charge in [0.15, 0.2) is 5.69 Å². The van der Waals surface area contributed by atoms with E-state index in [-0.39, 0.29) is 17.7 Å². The summed E-state index contributed by atoms with van der Waals surface area (Å²) in [7, 11) is 0. The smallest absolute Gasteiger partial charge is 0.348 e. The lowest BCUT2D eigenvalue weighted by molar-refractivity contribution is -0.141. The molecular formula is C19H15F4N3. The van der Waals surface area contributed by atoms with Crippen molar-refractivity contribution in [3.8, 4) is 11.3 Å². The zero-order chi connectivity index (χ0) is 18.7. The molecule has 26 heavy (non-hydrogen) atoms. The molecule has 0 saturated heterocycles. The van der Waals surface area contributed by atoms with Crippen LogP contribution in [0.4, 0.5) is 23.5 Å². The number of rotatable bonds is 4. The van der Waals surface area contributed by atoms with Gasteiger partial charge in [0.2, 0.25) is 5.95 Å². The Hall–Kier alpha value is -2.96. The first-order valence-corrected chi connectivity index (χ1v) is 7.86. The van der Waals surface area contributed by atoms with Gasteiger partial charge < -0.3 is 5.32 Å². The first kappa shape index (κ1) is 17.8. The molecule has 0 aliphatic rings. The molecule has 0 radical (unpaired) electrons. The van der Waals surface area contributed by atoms with Gasteiger partial charge in [-0.1, -0.05) is 30.3 Å². The lowest BCUT2D eigenvalue weighted by Gasteiger charge is -2.16. The molecule has 3 rings (SSSR count). The molecule has 1 atom stereocenters. The van der Waals surface area contributed by atoms with Crippen LogP contribution in [0.2, 0.25) is 0 Å². The molecule has 1 N–H and O–H groups in total. The monoisotopic (exact) mass is 361 g/mol. The second-order valence-electron chi connectivity index (χ2n) is 5.74. The summed E-state index contributed by atoms with van der Waals surface area (Å²) in [5, 5.41) is 2.90. The molecule has 1 heterocycles. The van der Waals surface area contributed by atoms with Gasteiger partial charge in [-0.3, -0.25) is 0 Å². The van der Waals surface area contributed by atoms with E-state index in [0.29, 0.717) is 5.56 Å². The van der Waals surface area contributed by atoms with E-state index in [2.05, 4.69) is 15.3 Å². The Kier molecular flexibility index (Phi) is 4.88. The fraction of sp³-hybridized carbons (Fsp3) is 0.158. The highest BCUT2D eigenvalue weighted by atomic mass is 19.4. The summed E-state index contributed by atoms with van der Waals surface area (Å²) in [5.74, 6) is -0.620. The van der Waals surface area contributed by atoms with Gasteiger partial charge in [0.05, 0.1) is 11.7 Å². The minimum Gasteiger partial charge on any atom is -0.348 e. The van der Waals surface area contributed by atoms with Gasteiger partial charge in [-0.05, 0) is 42.8 Å². The van der Waals surface area contributed by atoms with Crippen LogP contribution in [0.15, 0.2) is 60.7 Å². The van der Waals surface area contributed by atoms with Crippen molar-refractivity contribution >= 4 is 5.95 Å². The SMILES string of the molecule is C[C@@H](Nc1nc(-c2ccc(F)cc2)cc(C(F)(F)F)n1)c1ccccc1. The number of alkyl halides is 3. The molecule has 0 saturated carbocycles. The standard InChI is InChI=1S/C19H15F4N3/c1-12(13-5-3-2-4-6-13)24-18-25-16(11-17(26-18)19(21,22)23)14-7-9-15(20)10-8-14/h2-12H,1H3,(H,24,25,26)/t12-/m1/s1. The second kappa shape index (κ2) is 7.11. The Bertz CT molecular complexity index is 878. The number of benzene rings is 2. The first-order chi connectivity index (χ1) is 12.3. The number of hydrogen-bond acceptors (Lipinski definition) is 3. The van der Waals surface area contributed by atoms with E-state index in [1.807, 2.05) is 30.3 Å². The summed E-state index contributed by atoms with van der Waals surface area (Å²) >= 11 is 0. The maximum absolute atomic E-state index is 13.2. The summed E-state index contributed by atoms with van der Waals surface area (Å²) in [6.07, 6.45) is -4.62. The van der Waals surface area contributed by atoms with E-state index in [0.717, 1.165) is 11.6 Å². The van der Waals surface area contributed by atoms with Crippen molar-refractivity contribution in [2.75, 3.05) is 5.32 Å². The average molecular weight is 361 g/mol. The highest BCUT2D eigenvalue weighted by molar-refractivity contribution is 5.61. The van der Waals surface area contributed by atoms with Gasteiger partial charge >= 0.3 is 6.18 Å². The Morgan fingerprint density at radius 2 is 1.58 bits per heavy atom. The molecule has 0 fully saturated rings. The highest BCUT2D eigenvalue weighted by Gasteiger charge is 2.34. The van der Waals surface area contributed by atoms with Crippen LogP contribution >= 0.6 is 0 Å². The molecule has 0 spiro atoms. The molecule has 0 aliphatic heterocycles. The number of nitrogens with zero attached hydrogens (tertiary/aromatic N) is 2. The van der Waals surface area contributed by atoms with Crippen molar-refractivity contribution in [2.24, 2.45) is 0 Å². The second-order valence-corrected chi connectivity index (χ2v) is 5.74. The molecule has 3 aromatic rings. The summed E-state index contributed by atoms with van der Waals surface area (Å²) in [6.45, 7) is 1.80. The van der Waals surface area contributed by atoms with Crippen LogP contribution in [0.3, 0.4) is 0 Å². The van der Waals surface area contributed by atoms with E-state index in [1.165, 1.54) is 24.3 Å². The van der Waals surface area contributed by atoms with Gasteiger partial charge in [-0.15, -0.1) is 0 Å². The molecule has 7 heteroatoms. The summed E-state index contributed by atoms with van der Waals surface area (Å²) in [4.78, 5) is 7.76. The third-order valence-corrected chi connectivity index (χ3v) is 3.80. The van der Waals surface area contributed by atoms with Crippen molar-refractivity contribution < 1.29 is 17.6 Å². The molecule has 0 bridgehead atoms. The molecule has 2 aromatic carbocycles. The number of halogens is 4. The van der Waals surface area contributed by atoms with Gasteiger partial charge in [0, 0.05) is 5.56 Å². The first-order valence-electron chi connectivity index (χ1n) is 7.86. The minimum absolute atomic E-state index is 0.0649. The predicted octanol–water partition coefficient (Wildman–Crippen LogP) is 5.47. The molecule has 0 aliphatic carbocycles. The van der Waals surface area contributed by atoms with Crippen LogP contribution in [0.1, 0.15) is 24.2 Å². The predicted molar refractivity (Wildman–Crippen MR) is 90.9 cm³/mol. The Labute approximate surface area is 147 Å². The zero-order valence-corrected chi connectivity index (χ0v) is 13.8. The summed E-state index contributed by atoms with van der Waals surface area (Å²) < 4.78 is 52.7. The van der Waals surface area contributed by atoms with Gasteiger partial charge in [-0.25, -0.2) is 14.4 Å². The lowest BCUT2D eigenvalue weighted by Crippen LogP contribution is -2.14. The molecule has 3 nitrogen and oxygen atoms in total. The van der Waals surface area contributed by atoms with E-state index in [1.54, 1.807) is 6.92 Å². The zero-order valence-electron chi connectivity index (χ0n) is 13.8. The van der Waals surface area contributed by atoms with E-state index >= 15 is 0 Å². The van der Waals surface area contributed by atoms with Crippen molar-refractivity contribution in [2.45, 2.75) is 19.1 Å². The number of aromatic nitrogens is 2. The van der Waals surface area contributed by atoms with Crippen molar-refractivity contribution in [3.05, 3.63) is 77.7 Å². The maximum atomic E-state index is 13.2. The van der Waals surface area contributed by atoms with Crippen molar-refractivity contribution in [1.29, 1.82) is 0 Å². The highest BCUT2D eigenvalue weighted by Crippen LogP contribution is 2.31. The number of anilines is 1. The quantitative estimate of drug-likeness (QED) is 0.626. The lowest BCUT2D eigenvalue weighted by atomic mass is 10.1. The van der Waals surface area contributed by atoms with Crippen molar-refractivity contribution in [1.82, 2.24) is 9.97 Å². The molecule has 1 aromatic heterocycles. The van der Waals surface area contributed by atoms with E-state index in [9.17, 15) is 17.6 Å². The fourth-order valence-electron chi connectivity index (χ4n) is 2.44. The largest absolute Gasteiger partial charge is 0.433 e. The Morgan fingerprint density at radius 3 is 2.19 bits per heavy atom. The third-order valence-electron chi connectivity index (χ3n) is 3.80. The molecule has 0 amide bonds. The van der Waals surface area contributed by atoms with Gasteiger partial charge in [-0.2, -0.15) is 13.2 Å². The van der Waals surface area contributed by atoms with Gasteiger partial charge in [0.25, 0.3) is 0 Å². The molecule has 0 unspecified atom stereocenters. The fourth-order valence-corrected chi connectivity index (χ4v) is 2.44. The Balaban J connectivity index is 1.99. The minimum atomic E-state index is -4.62. The molecular weight excluding hydrogens is 346 g/mol.